The van der Waals surface area contributed by atoms with Crippen LogP contribution in [-0.2, 0) is 0 Å². The van der Waals surface area contributed by atoms with Gasteiger partial charge in [-0.1, -0.05) is 35.0 Å². The van der Waals surface area contributed by atoms with Crippen LogP contribution in [0.2, 0.25) is 0 Å². The molecule has 4 heteroatoms. The molecule has 0 bridgehead atoms. The standard InChI is InChI=1S/C3H3Cl2NS/c4-2-3(5)7-1-6-2/h6H,1H2. The van der Waals surface area contributed by atoms with Gasteiger partial charge in [0.15, 0.2) is 0 Å². The van der Waals surface area contributed by atoms with E-state index in [2.05, 4.69) is 5.32 Å². The molecular weight excluding hydrogens is 153 g/mol. The number of nitrogens with one attached hydrogen (secondary N) is 1. The smallest absolute Gasteiger partial charge is 0.128 e. The van der Waals surface area contributed by atoms with Gasteiger partial charge in [0.05, 0.1) is 5.88 Å². The lowest BCUT2D eigenvalue weighted by atomic mass is 11.0. The maximum Gasteiger partial charge on any atom is 0.128 e. The highest BCUT2D eigenvalue weighted by Gasteiger charge is 2.07. The van der Waals surface area contributed by atoms with Crippen LogP contribution in [0.3, 0.4) is 0 Å². The molecule has 0 aromatic heterocycles. The maximum atomic E-state index is 5.51. The topological polar surface area (TPSA) is 12.0 Å². The molecule has 0 spiro atoms. The van der Waals surface area contributed by atoms with Crippen molar-refractivity contribution < 1.29 is 0 Å². The molecule has 1 heterocycles. The van der Waals surface area contributed by atoms with E-state index in [1.54, 1.807) is 0 Å². The molecule has 40 valence electrons. The maximum absolute atomic E-state index is 5.51. The minimum Gasteiger partial charge on any atom is -0.365 e. The van der Waals surface area contributed by atoms with Crippen molar-refractivity contribution in [3.8, 4) is 0 Å². The second kappa shape index (κ2) is 2.16. The van der Waals surface area contributed by atoms with Gasteiger partial charge in [0, 0.05) is 0 Å². The number of thioether (sulfide) groups is 1. The lowest BCUT2D eigenvalue weighted by Gasteiger charge is -1.84. The molecular formula is C3H3Cl2NS. The van der Waals surface area contributed by atoms with Crippen molar-refractivity contribution in [2.24, 2.45) is 0 Å². The SMILES string of the molecule is ClC1=C(Cl)SCN1. The Morgan fingerprint density at radius 1 is 1.57 bits per heavy atom. The van der Waals surface area contributed by atoms with E-state index in [0.717, 1.165) is 5.88 Å². The summed E-state index contributed by atoms with van der Waals surface area (Å²) in [5.41, 5.74) is 0. The molecule has 1 aliphatic heterocycles. The highest BCUT2D eigenvalue weighted by atomic mass is 35.5. The van der Waals surface area contributed by atoms with E-state index in [1.807, 2.05) is 0 Å². The summed E-state index contributed by atoms with van der Waals surface area (Å²) in [5.74, 6) is 0.803. The minimum atomic E-state index is 0.576. The van der Waals surface area contributed by atoms with Crippen molar-refractivity contribution in [2.45, 2.75) is 0 Å². The first-order valence-electron chi connectivity index (χ1n) is 1.72. The van der Waals surface area contributed by atoms with Gasteiger partial charge in [0.25, 0.3) is 0 Å². The van der Waals surface area contributed by atoms with Crippen molar-refractivity contribution in [2.75, 3.05) is 5.88 Å². The Labute approximate surface area is 56.1 Å². The van der Waals surface area contributed by atoms with Crippen LogP contribution in [0.15, 0.2) is 9.52 Å². The largest absolute Gasteiger partial charge is 0.365 e. The van der Waals surface area contributed by atoms with Crippen molar-refractivity contribution >= 4 is 35.0 Å². The van der Waals surface area contributed by atoms with E-state index in [9.17, 15) is 0 Å². The van der Waals surface area contributed by atoms with Crippen molar-refractivity contribution in [3.63, 3.8) is 0 Å². The second-order valence-electron chi connectivity index (χ2n) is 1.05. The van der Waals surface area contributed by atoms with Crippen LogP contribution in [0.1, 0.15) is 0 Å². The van der Waals surface area contributed by atoms with Gasteiger partial charge in [-0.2, -0.15) is 0 Å². The minimum absolute atomic E-state index is 0.576. The Morgan fingerprint density at radius 3 is 2.43 bits per heavy atom. The van der Waals surface area contributed by atoms with E-state index < -0.39 is 0 Å². The third kappa shape index (κ3) is 1.18. The quantitative estimate of drug-likeness (QED) is 0.537. The highest BCUT2D eigenvalue weighted by molar-refractivity contribution is 8.04. The predicted octanol–water partition coefficient (Wildman–Crippen LogP) is 1.88. The second-order valence-corrected chi connectivity index (χ2v) is 3.02. The van der Waals surface area contributed by atoms with Crippen molar-refractivity contribution in [1.82, 2.24) is 5.32 Å². The number of hydrogen-bond acceptors (Lipinski definition) is 2. The highest BCUT2D eigenvalue weighted by Crippen LogP contribution is 2.29. The molecule has 0 saturated heterocycles. The predicted molar refractivity (Wildman–Crippen MR) is 34.3 cm³/mol. The first kappa shape index (κ1) is 5.60. The molecule has 0 aliphatic carbocycles. The van der Waals surface area contributed by atoms with Crippen molar-refractivity contribution in [1.29, 1.82) is 0 Å². The van der Waals surface area contributed by atoms with E-state index in [4.69, 9.17) is 23.2 Å². The number of hydrogen-bond donors (Lipinski definition) is 1. The molecule has 0 aromatic rings. The van der Waals surface area contributed by atoms with Gasteiger partial charge in [-0.05, 0) is 0 Å². The molecule has 0 amide bonds. The molecule has 1 rings (SSSR count). The van der Waals surface area contributed by atoms with Crippen LogP contribution < -0.4 is 5.32 Å². The Hall–Kier alpha value is 0.470. The van der Waals surface area contributed by atoms with Crippen LogP contribution in [-0.4, -0.2) is 5.88 Å². The summed E-state index contributed by atoms with van der Waals surface area (Å²) in [6.07, 6.45) is 0. The van der Waals surface area contributed by atoms with Gasteiger partial charge >= 0.3 is 0 Å². The van der Waals surface area contributed by atoms with Gasteiger partial charge in [-0.15, -0.1) is 0 Å². The zero-order valence-corrected chi connectivity index (χ0v) is 5.70. The van der Waals surface area contributed by atoms with Gasteiger partial charge in [0.1, 0.15) is 9.52 Å². The summed E-state index contributed by atoms with van der Waals surface area (Å²) in [7, 11) is 0. The van der Waals surface area contributed by atoms with E-state index in [1.165, 1.54) is 11.8 Å². The van der Waals surface area contributed by atoms with Crippen LogP contribution in [0, 0.1) is 0 Å². The Morgan fingerprint density at radius 2 is 2.29 bits per heavy atom. The Kier molecular flexibility index (Phi) is 1.73. The summed E-state index contributed by atoms with van der Waals surface area (Å²) in [5, 5.41) is 3.42. The van der Waals surface area contributed by atoms with E-state index in [0.29, 0.717) is 9.52 Å². The van der Waals surface area contributed by atoms with Gasteiger partial charge in [-0.3, -0.25) is 0 Å². The molecule has 0 saturated carbocycles. The van der Waals surface area contributed by atoms with E-state index in [-0.39, 0.29) is 0 Å². The number of rotatable bonds is 0. The van der Waals surface area contributed by atoms with Crippen LogP contribution in [0.25, 0.3) is 0 Å². The fourth-order valence-corrected chi connectivity index (χ4v) is 1.38. The zero-order chi connectivity index (χ0) is 5.28. The van der Waals surface area contributed by atoms with Crippen molar-refractivity contribution in [3.05, 3.63) is 9.52 Å². The Bertz CT molecular complexity index is 99.5. The summed E-state index contributed by atoms with van der Waals surface area (Å²) >= 11 is 12.5. The summed E-state index contributed by atoms with van der Waals surface area (Å²) in [4.78, 5) is 0. The molecule has 1 aliphatic rings. The third-order valence-corrected chi connectivity index (χ3v) is 2.39. The fraction of sp³-hybridized carbons (Fsp3) is 0.333. The molecule has 0 aromatic carbocycles. The molecule has 0 atom stereocenters. The van der Waals surface area contributed by atoms with Gasteiger partial charge in [-0.25, -0.2) is 0 Å². The monoisotopic (exact) mass is 155 g/mol. The van der Waals surface area contributed by atoms with Crippen LogP contribution >= 0.6 is 35.0 Å². The first-order chi connectivity index (χ1) is 3.30. The number of halogens is 2. The van der Waals surface area contributed by atoms with Crippen LogP contribution in [0.4, 0.5) is 0 Å². The summed E-state index contributed by atoms with van der Waals surface area (Å²) < 4.78 is 0.668. The Balaban J connectivity index is 2.64. The zero-order valence-electron chi connectivity index (χ0n) is 3.37. The molecule has 0 unspecified atom stereocenters. The summed E-state index contributed by atoms with van der Waals surface area (Å²) in [6.45, 7) is 0. The average Bonchev–Trinajstić information content (AvgIpc) is 1.91. The normalized spacial score (nSPS) is 20.3. The third-order valence-electron chi connectivity index (χ3n) is 0.599. The molecule has 0 radical (unpaired) electrons. The molecule has 1 nitrogen and oxygen atoms in total. The van der Waals surface area contributed by atoms with Gasteiger partial charge in [0.2, 0.25) is 0 Å². The summed E-state index contributed by atoms with van der Waals surface area (Å²) in [6, 6.07) is 0. The first-order valence-corrected chi connectivity index (χ1v) is 3.47. The van der Waals surface area contributed by atoms with Gasteiger partial charge < -0.3 is 5.32 Å². The van der Waals surface area contributed by atoms with Crippen LogP contribution in [0.5, 0.6) is 0 Å². The molecule has 0 fully saturated rings. The molecule has 7 heavy (non-hydrogen) atoms. The van der Waals surface area contributed by atoms with E-state index >= 15 is 0 Å². The lowest BCUT2D eigenvalue weighted by Crippen LogP contribution is -2.00. The lowest BCUT2D eigenvalue weighted by molar-refractivity contribution is 1.06. The fourth-order valence-electron chi connectivity index (χ4n) is 0.296. The average molecular weight is 156 g/mol. The molecule has 1 N–H and O–H groups in total.